The number of aromatic nitrogens is 2. The molecule has 0 radical (unpaired) electrons. The van der Waals surface area contributed by atoms with Crippen LogP contribution in [0.5, 0.6) is 0 Å². The maximum absolute atomic E-state index is 11.8. The zero-order valence-corrected chi connectivity index (χ0v) is 12.7. The van der Waals surface area contributed by atoms with E-state index in [-0.39, 0.29) is 11.7 Å². The number of aryl methyl sites for hydroxylation is 1. The molecule has 1 aliphatic heterocycles. The molecule has 21 heavy (non-hydrogen) atoms. The van der Waals surface area contributed by atoms with Crippen molar-refractivity contribution >= 4 is 0 Å². The summed E-state index contributed by atoms with van der Waals surface area (Å²) in [6.07, 6.45) is 5.27. The number of aliphatic hydroxyl groups excluding tert-OH is 1. The smallest absolute Gasteiger partial charge is 0.266 e. The van der Waals surface area contributed by atoms with Crippen LogP contribution in [-0.4, -0.2) is 45.0 Å². The summed E-state index contributed by atoms with van der Waals surface area (Å²) in [5.41, 5.74) is 0.885. The fourth-order valence-electron chi connectivity index (χ4n) is 3.74. The number of rotatable bonds is 3. The minimum atomic E-state index is -0.136. The first-order valence-corrected chi connectivity index (χ1v) is 8.10. The molecule has 2 unspecified atom stereocenters. The van der Waals surface area contributed by atoms with Gasteiger partial charge in [0.2, 0.25) is 0 Å². The molecule has 116 valence electrons. The fraction of sp³-hybridized carbons (Fsp3) is 0.750. The van der Waals surface area contributed by atoms with Gasteiger partial charge in [0.25, 0.3) is 5.56 Å². The van der Waals surface area contributed by atoms with Crippen LogP contribution in [0.2, 0.25) is 0 Å². The highest BCUT2D eigenvalue weighted by Gasteiger charge is 2.33. The van der Waals surface area contributed by atoms with Gasteiger partial charge in [-0.3, -0.25) is 9.69 Å². The minimum absolute atomic E-state index is 0.00533. The van der Waals surface area contributed by atoms with Gasteiger partial charge in [0, 0.05) is 18.7 Å². The van der Waals surface area contributed by atoms with E-state index in [1.807, 2.05) is 6.92 Å². The highest BCUT2D eigenvalue weighted by molar-refractivity contribution is 4.97. The standard InChI is InChI=1S/C16H25N3O2/c1-12-5-6-16(21)19(17-12)11-13-7-9-18(10-8-13)14-3-2-4-15(14)20/h5-6,13-15,20H,2-4,7-11H2,1H3. The maximum Gasteiger partial charge on any atom is 0.266 e. The molecule has 2 heterocycles. The van der Waals surface area contributed by atoms with Crippen molar-refractivity contribution in [2.24, 2.45) is 5.92 Å². The Morgan fingerprint density at radius 1 is 1.24 bits per heavy atom. The topological polar surface area (TPSA) is 58.4 Å². The molecule has 5 nitrogen and oxygen atoms in total. The van der Waals surface area contributed by atoms with Gasteiger partial charge in [-0.25, -0.2) is 4.68 Å². The van der Waals surface area contributed by atoms with Crippen molar-refractivity contribution < 1.29 is 5.11 Å². The Morgan fingerprint density at radius 2 is 2.00 bits per heavy atom. The van der Waals surface area contributed by atoms with E-state index in [0.717, 1.165) is 57.4 Å². The van der Waals surface area contributed by atoms with Crippen LogP contribution >= 0.6 is 0 Å². The Kier molecular flexibility index (Phi) is 4.40. The number of piperidine rings is 1. The van der Waals surface area contributed by atoms with E-state index in [4.69, 9.17) is 0 Å². The second-order valence-corrected chi connectivity index (χ2v) is 6.54. The number of hydrogen-bond donors (Lipinski definition) is 1. The van der Waals surface area contributed by atoms with Gasteiger partial charge in [-0.2, -0.15) is 5.10 Å². The summed E-state index contributed by atoms with van der Waals surface area (Å²) < 4.78 is 1.61. The Bertz CT molecular complexity index is 535. The van der Waals surface area contributed by atoms with Crippen LogP contribution in [0.25, 0.3) is 0 Å². The monoisotopic (exact) mass is 291 g/mol. The summed E-state index contributed by atoms with van der Waals surface area (Å²) in [6.45, 7) is 4.71. The molecule has 2 fully saturated rings. The van der Waals surface area contributed by atoms with E-state index >= 15 is 0 Å². The van der Waals surface area contributed by atoms with E-state index in [1.54, 1.807) is 16.8 Å². The molecule has 1 N–H and O–H groups in total. The van der Waals surface area contributed by atoms with E-state index in [0.29, 0.717) is 12.0 Å². The molecule has 2 atom stereocenters. The van der Waals surface area contributed by atoms with Gasteiger partial charge in [0.05, 0.1) is 11.8 Å². The molecular weight excluding hydrogens is 266 g/mol. The Morgan fingerprint density at radius 3 is 2.67 bits per heavy atom. The van der Waals surface area contributed by atoms with Crippen molar-refractivity contribution in [3.63, 3.8) is 0 Å². The molecule has 0 aromatic carbocycles. The van der Waals surface area contributed by atoms with Crippen LogP contribution in [0.1, 0.15) is 37.8 Å². The quantitative estimate of drug-likeness (QED) is 0.908. The van der Waals surface area contributed by atoms with Gasteiger partial charge in [0.1, 0.15) is 0 Å². The number of likely N-dealkylation sites (tertiary alicyclic amines) is 1. The molecule has 2 aliphatic rings. The van der Waals surface area contributed by atoms with Crippen molar-refractivity contribution in [2.45, 2.75) is 57.7 Å². The molecule has 3 rings (SSSR count). The Balaban J connectivity index is 1.56. The Labute approximate surface area is 125 Å². The average molecular weight is 291 g/mol. The highest BCUT2D eigenvalue weighted by atomic mass is 16.3. The van der Waals surface area contributed by atoms with Crippen LogP contribution in [0.15, 0.2) is 16.9 Å². The zero-order chi connectivity index (χ0) is 14.8. The van der Waals surface area contributed by atoms with Gasteiger partial charge < -0.3 is 5.11 Å². The van der Waals surface area contributed by atoms with Crippen molar-refractivity contribution in [3.05, 3.63) is 28.2 Å². The summed E-state index contributed by atoms with van der Waals surface area (Å²) in [5.74, 6) is 0.520. The molecule has 5 heteroatoms. The minimum Gasteiger partial charge on any atom is -0.391 e. The van der Waals surface area contributed by atoms with Gasteiger partial charge >= 0.3 is 0 Å². The third-order valence-corrected chi connectivity index (χ3v) is 4.99. The summed E-state index contributed by atoms with van der Waals surface area (Å²) in [5, 5.41) is 14.3. The second-order valence-electron chi connectivity index (χ2n) is 6.54. The molecule has 1 aromatic rings. The molecule has 0 bridgehead atoms. The maximum atomic E-state index is 11.8. The first kappa shape index (κ1) is 14.7. The van der Waals surface area contributed by atoms with E-state index < -0.39 is 0 Å². The Hall–Kier alpha value is -1.20. The lowest BCUT2D eigenvalue weighted by atomic mass is 9.95. The number of aliphatic hydroxyl groups is 1. The predicted octanol–water partition coefficient (Wildman–Crippen LogP) is 1.18. The lowest BCUT2D eigenvalue weighted by Crippen LogP contribution is -2.45. The van der Waals surface area contributed by atoms with Crippen molar-refractivity contribution in [2.75, 3.05) is 13.1 Å². The van der Waals surface area contributed by atoms with Crippen molar-refractivity contribution in [1.82, 2.24) is 14.7 Å². The van der Waals surface area contributed by atoms with E-state index in [2.05, 4.69) is 10.00 Å². The molecule has 1 saturated heterocycles. The van der Waals surface area contributed by atoms with Crippen LogP contribution in [0.4, 0.5) is 0 Å². The number of nitrogens with zero attached hydrogens (tertiary/aromatic N) is 3. The second kappa shape index (κ2) is 6.28. The van der Waals surface area contributed by atoms with Crippen LogP contribution in [0, 0.1) is 12.8 Å². The summed E-state index contributed by atoms with van der Waals surface area (Å²) in [7, 11) is 0. The summed E-state index contributed by atoms with van der Waals surface area (Å²) >= 11 is 0. The SMILES string of the molecule is Cc1ccc(=O)n(CC2CCN(C3CCCC3O)CC2)n1. The molecule has 1 saturated carbocycles. The summed E-state index contributed by atoms with van der Waals surface area (Å²) in [6, 6.07) is 3.74. The molecule has 0 amide bonds. The number of hydrogen-bond acceptors (Lipinski definition) is 4. The van der Waals surface area contributed by atoms with Gasteiger partial charge in [-0.05, 0) is 64.1 Å². The van der Waals surface area contributed by atoms with Gasteiger partial charge in [-0.1, -0.05) is 0 Å². The fourth-order valence-corrected chi connectivity index (χ4v) is 3.74. The highest BCUT2D eigenvalue weighted by Crippen LogP contribution is 2.28. The van der Waals surface area contributed by atoms with E-state index in [9.17, 15) is 9.90 Å². The molecular formula is C16H25N3O2. The zero-order valence-electron chi connectivity index (χ0n) is 12.7. The van der Waals surface area contributed by atoms with Crippen molar-refractivity contribution in [1.29, 1.82) is 0 Å². The third kappa shape index (κ3) is 3.35. The lowest BCUT2D eigenvalue weighted by Gasteiger charge is -2.37. The summed E-state index contributed by atoms with van der Waals surface area (Å²) in [4.78, 5) is 14.3. The molecule has 1 aliphatic carbocycles. The predicted molar refractivity (Wildman–Crippen MR) is 81.2 cm³/mol. The average Bonchev–Trinajstić information content (AvgIpc) is 2.90. The van der Waals surface area contributed by atoms with Crippen molar-refractivity contribution in [3.8, 4) is 0 Å². The van der Waals surface area contributed by atoms with Crippen LogP contribution in [-0.2, 0) is 6.54 Å². The van der Waals surface area contributed by atoms with E-state index in [1.165, 1.54) is 0 Å². The third-order valence-electron chi connectivity index (χ3n) is 4.99. The normalized spacial score (nSPS) is 28.1. The first-order valence-electron chi connectivity index (χ1n) is 8.10. The molecule has 1 aromatic heterocycles. The first-order chi connectivity index (χ1) is 10.1. The lowest BCUT2D eigenvalue weighted by molar-refractivity contribution is 0.0455. The van der Waals surface area contributed by atoms with Gasteiger partial charge in [-0.15, -0.1) is 0 Å². The largest absolute Gasteiger partial charge is 0.391 e. The van der Waals surface area contributed by atoms with Gasteiger partial charge in [0.15, 0.2) is 0 Å². The molecule has 0 spiro atoms. The van der Waals surface area contributed by atoms with Crippen LogP contribution in [0.3, 0.4) is 0 Å². The van der Waals surface area contributed by atoms with Crippen LogP contribution < -0.4 is 5.56 Å².